The van der Waals surface area contributed by atoms with Crippen molar-refractivity contribution >= 4 is 29.5 Å². The summed E-state index contributed by atoms with van der Waals surface area (Å²) in [6.07, 6.45) is 1.60. The van der Waals surface area contributed by atoms with E-state index in [1.165, 1.54) is 41.3 Å². The lowest BCUT2D eigenvalue weighted by atomic mass is 10.1. The zero-order chi connectivity index (χ0) is 20.4. The second-order valence-corrected chi connectivity index (χ2v) is 6.38. The van der Waals surface area contributed by atoms with Crippen molar-refractivity contribution in [1.29, 1.82) is 0 Å². The van der Waals surface area contributed by atoms with Crippen LogP contribution in [0.15, 0.2) is 89.6 Å². The number of amidine groups is 1. The summed E-state index contributed by atoms with van der Waals surface area (Å²) in [7, 11) is 0. The summed E-state index contributed by atoms with van der Waals surface area (Å²) in [6, 6.07) is 21.0. The number of carboxylic acids is 1. The van der Waals surface area contributed by atoms with E-state index < -0.39 is 11.8 Å². The van der Waals surface area contributed by atoms with Gasteiger partial charge in [0.25, 0.3) is 5.91 Å². The molecular formula is C23H15FN2O3. The zero-order valence-electron chi connectivity index (χ0n) is 15.1. The van der Waals surface area contributed by atoms with Crippen LogP contribution in [-0.4, -0.2) is 22.8 Å². The van der Waals surface area contributed by atoms with Crippen LogP contribution < -0.4 is 4.90 Å². The maximum Gasteiger partial charge on any atom is 0.335 e. The summed E-state index contributed by atoms with van der Waals surface area (Å²) in [4.78, 5) is 30.1. The normalized spacial score (nSPS) is 14.9. The number of hydrogen-bond donors (Lipinski definition) is 1. The topological polar surface area (TPSA) is 70.0 Å². The van der Waals surface area contributed by atoms with Crippen molar-refractivity contribution < 1.29 is 19.1 Å². The van der Waals surface area contributed by atoms with Crippen molar-refractivity contribution in [2.45, 2.75) is 0 Å². The van der Waals surface area contributed by atoms with E-state index >= 15 is 0 Å². The zero-order valence-corrected chi connectivity index (χ0v) is 15.1. The van der Waals surface area contributed by atoms with Gasteiger partial charge < -0.3 is 5.11 Å². The first-order chi connectivity index (χ1) is 14.0. The van der Waals surface area contributed by atoms with Crippen molar-refractivity contribution in [2.75, 3.05) is 4.90 Å². The lowest BCUT2D eigenvalue weighted by Crippen LogP contribution is -2.32. The lowest BCUT2D eigenvalue weighted by molar-refractivity contribution is -0.113. The molecule has 1 amide bonds. The number of carboxylic acid groups (broad SMARTS) is 1. The van der Waals surface area contributed by atoms with Gasteiger partial charge in [0.2, 0.25) is 0 Å². The van der Waals surface area contributed by atoms with Gasteiger partial charge in [0.05, 0.1) is 11.3 Å². The van der Waals surface area contributed by atoms with Gasteiger partial charge in [0.15, 0.2) is 0 Å². The van der Waals surface area contributed by atoms with E-state index in [1.54, 1.807) is 18.2 Å². The molecule has 29 heavy (non-hydrogen) atoms. The molecule has 0 radical (unpaired) electrons. The number of carbonyl (C=O) groups is 2. The Kier molecular flexibility index (Phi) is 4.75. The highest BCUT2D eigenvalue weighted by atomic mass is 19.1. The molecule has 4 rings (SSSR count). The SMILES string of the molecule is O=C(O)c1ccc(/C=C2/N=C(c3ccccc3)N(c3ccc(F)cc3)C2=O)cc1. The molecule has 0 saturated heterocycles. The number of carbonyl (C=O) groups excluding carboxylic acids is 1. The van der Waals surface area contributed by atoms with Gasteiger partial charge in [-0.1, -0.05) is 42.5 Å². The molecule has 0 aromatic heterocycles. The molecule has 0 bridgehead atoms. The molecule has 0 saturated carbocycles. The number of anilines is 1. The first-order valence-electron chi connectivity index (χ1n) is 8.82. The van der Waals surface area contributed by atoms with Gasteiger partial charge in [-0.3, -0.25) is 9.69 Å². The van der Waals surface area contributed by atoms with E-state index in [-0.39, 0.29) is 17.2 Å². The van der Waals surface area contributed by atoms with E-state index in [9.17, 15) is 14.0 Å². The summed E-state index contributed by atoms with van der Waals surface area (Å²) < 4.78 is 13.4. The molecule has 0 atom stereocenters. The highest BCUT2D eigenvalue weighted by Crippen LogP contribution is 2.28. The molecular weight excluding hydrogens is 371 g/mol. The largest absolute Gasteiger partial charge is 0.478 e. The molecule has 0 fully saturated rings. The van der Waals surface area contributed by atoms with Gasteiger partial charge in [-0.05, 0) is 48.0 Å². The Bertz CT molecular complexity index is 1140. The lowest BCUT2D eigenvalue weighted by Gasteiger charge is -2.18. The molecule has 0 spiro atoms. The van der Waals surface area contributed by atoms with Crippen LogP contribution in [0.2, 0.25) is 0 Å². The number of amides is 1. The molecule has 1 aliphatic rings. The monoisotopic (exact) mass is 386 g/mol. The molecule has 6 heteroatoms. The van der Waals surface area contributed by atoms with Gasteiger partial charge in [-0.2, -0.15) is 0 Å². The van der Waals surface area contributed by atoms with Gasteiger partial charge in [0, 0.05) is 5.56 Å². The molecule has 142 valence electrons. The van der Waals surface area contributed by atoms with Crippen LogP contribution in [0.1, 0.15) is 21.5 Å². The van der Waals surface area contributed by atoms with Crippen LogP contribution >= 0.6 is 0 Å². The van der Waals surface area contributed by atoms with E-state index in [4.69, 9.17) is 5.11 Å². The Labute approximate surface area is 166 Å². The fourth-order valence-corrected chi connectivity index (χ4v) is 3.01. The number of benzene rings is 3. The molecule has 3 aromatic carbocycles. The van der Waals surface area contributed by atoms with Crippen molar-refractivity contribution in [2.24, 2.45) is 4.99 Å². The van der Waals surface area contributed by atoms with Crippen LogP contribution in [0.5, 0.6) is 0 Å². The number of hydrogen-bond acceptors (Lipinski definition) is 3. The molecule has 3 aromatic rings. The maximum atomic E-state index is 13.4. The van der Waals surface area contributed by atoms with Gasteiger partial charge >= 0.3 is 5.97 Å². The Morgan fingerprint density at radius 1 is 0.931 bits per heavy atom. The minimum atomic E-state index is -1.02. The van der Waals surface area contributed by atoms with E-state index in [2.05, 4.69) is 4.99 Å². The van der Waals surface area contributed by atoms with Crippen molar-refractivity contribution in [3.63, 3.8) is 0 Å². The van der Waals surface area contributed by atoms with E-state index in [1.807, 2.05) is 30.3 Å². The number of rotatable bonds is 4. The minimum Gasteiger partial charge on any atom is -0.478 e. The second kappa shape index (κ2) is 7.52. The quantitative estimate of drug-likeness (QED) is 0.678. The third-order valence-electron chi connectivity index (χ3n) is 4.44. The van der Waals surface area contributed by atoms with E-state index in [0.717, 1.165) is 5.56 Å². The van der Waals surface area contributed by atoms with Gasteiger partial charge in [-0.25, -0.2) is 14.2 Å². The third-order valence-corrected chi connectivity index (χ3v) is 4.44. The molecule has 1 heterocycles. The average Bonchev–Trinajstić information content (AvgIpc) is 3.06. The first-order valence-corrected chi connectivity index (χ1v) is 8.82. The van der Waals surface area contributed by atoms with Gasteiger partial charge in [0.1, 0.15) is 17.3 Å². The van der Waals surface area contributed by atoms with Crippen LogP contribution in [0.25, 0.3) is 6.08 Å². The highest BCUT2D eigenvalue weighted by Gasteiger charge is 2.32. The number of aliphatic imine (C=N–C) groups is 1. The van der Waals surface area contributed by atoms with Crippen molar-refractivity contribution in [1.82, 2.24) is 0 Å². The Morgan fingerprint density at radius 2 is 1.59 bits per heavy atom. The standard InChI is InChI=1S/C23H15FN2O3/c24-18-10-12-19(13-11-18)26-21(16-4-2-1-3-5-16)25-20(22(26)27)14-15-6-8-17(9-7-15)23(28)29/h1-14H,(H,28,29)/b20-14+. The van der Waals surface area contributed by atoms with E-state index in [0.29, 0.717) is 17.1 Å². The van der Waals surface area contributed by atoms with Crippen LogP contribution in [0, 0.1) is 5.82 Å². The second-order valence-electron chi connectivity index (χ2n) is 6.38. The number of halogens is 1. The Morgan fingerprint density at radius 3 is 2.21 bits per heavy atom. The molecule has 0 aliphatic carbocycles. The molecule has 5 nitrogen and oxygen atoms in total. The van der Waals surface area contributed by atoms with Crippen LogP contribution in [0.3, 0.4) is 0 Å². The van der Waals surface area contributed by atoms with Crippen LogP contribution in [0.4, 0.5) is 10.1 Å². The summed E-state index contributed by atoms with van der Waals surface area (Å²) in [5, 5.41) is 9.02. The molecule has 1 aliphatic heterocycles. The summed E-state index contributed by atoms with van der Waals surface area (Å²) >= 11 is 0. The summed E-state index contributed by atoms with van der Waals surface area (Å²) in [6.45, 7) is 0. The fraction of sp³-hybridized carbons (Fsp3) is 0. The van der Waals surface area contributed by atoms with Gasteiger partial charge in [-0.15, -0.1) is 0 Å². The summed E-state index contributed by atoms with van der Waals surface area (Å²) in [5.41, 5.74) is 2.26. The molecule has 0 unspecified atom stereocenters. The van der Waals surface area contributed by atoms with Crippen molar-refractivity contribution in [3.05, 3.63) is 107 Å². The van der Waals surface area contributed by atoms with Crippen LogP contribution in [-0.2, 0) is 4.79 Å². The maximum absolute atomic E-state index is 13.4. The smallest absolute Gasteiger partial charge is 0.335 e. The predicted molar refractivity (Wildman–Crippen MR) is 108 cm³/mol. The molecule has 1 N–H and O–H groups in total. The fourth-order valence-electron chi connectivity index (χ4n) is 3.01. The number of aromatic carboxylic acids is 1. The minimum absolute atomic E-state index is 0.159. The highest BCUT2D eigenvalue weighted by molar-refractivity contribution is 6.33. The first kappa shape index (κ1) is 18.3. The van der Waals surface area contributed by atoms with Crippen molar-refractivity contribution in [3.8, 4) is 0 Å². The summed E-state index contributed by atoms with van der Waals surface area (Å²) in [5.74, 6) is -1.32. The number of nitrogens with zero attached hydrogens (tertiary/aromatic N) is 2. The Balaban J connectivity index is 1.77. The Hall–Kier alpha value is -4.06. The third kappa shape index (κ3) is 3.68. The average molecular weight is 386 g/mol. The predicted octanol–water partition coefficient (Wildman–Crippen LogP) is 4.36.